The second-order valence-electron chi connectivity index (χ2n) is 5.75. The summed E-state index contributed by atoms with van der Waals surface area (Å²) in [4.78, 5) is 23.7. The van der Waals surface area contributed by atoms with Crippen LogP contribution in [0.25, 0.3) is 0 Å². The predicted molar refractivity (Wildman–Crippen MR) is 93.3 cm³/mol. The molecular weight excluding hydrogens is 339 g/mol. The molecule has 0 heterocycles. The molecular formula is C20H21FO5. The standard InChI is InChI=1S/C20H21FO5/c1-13(20(23)25-3)16-11-17(21)15(9-18(16)24-2)10-19(22)26-12-14-7-5-4-6-8-14/h4-9,11,13H,10,12H2,1-3H3. The fourth-order valence-electron chi connectivity index (χ4n) is 2.51. The third kappa shape index (κ3) is 4.81. The molecule has 0 radical (unpaired) electrons. The maximum atomic E-state index is 14.4. The van der Waals surface area contributed by atoms with Crippen LogP contribution >= 0.6 is 0 Å². The van der Waals surface area contributed by atoms with Gasteiger partial charge in [-0.2, -0.15) is 0 Å². The van der Waals surface area contributed by atoms with Crippen LogP contribution in [-0.4, -0.2) is 26.2 Å². The summed E-state index contributed by atoms with van der Waals surface area (Å²) in [5.74, 6) is -2.03. The molecule has 6 heteroatoms. The zero-order valence-electron chi connectivity index (χ0n) is 15.0. The quantitative estimate of drug-likeness (QED) is 0.708. The van der Waals surface area contributed by atoms with Crippen LogP contribution < -0.4 is 4.74 Å². The van der Waals surface area contributed by atoms with E-state index >= 15 is 0 Å². The van der Waals surface area contributed by atoms with Gasteiger partial charge in [-0.3, -0.25) is 9.59 Å². The number of halogens is 1. The van der Waals surface area contributed by atoms with E-state index in [-0.39, 0.29) is 18.6 Å². The van der Waals surface area contributed by atoms with E-state index in [1.165, 1.54) is 26.4 Å². The average Bonchev–Trinajstić information content (AvgIpc) is 2.67. The molecule has 2 aromatic rings. The minimum Gasteiger partial charge on any atom is -0.496 e. The molecule has 138 valence electrons. The van der Waals surface area contributed by atoms with Crippen LogP contribution in [0.3, 0.4) is 0 Å². The van der Waals surface area contributed by atoms with E-state index in [2.05, 4.69) is 4.74 Å². The summed E-state index contributed by atoms with van der Waals surface area (Å²) in [7, 11) is 2.68. The van der Waals surface area contributed by atoms with E-state index in [9.17, 15) is 14.0 Å². The number of carbonyl (C=O) groups excluding carboxylic acids is 2. The molecule has 0 aliphatic rings. The van der Waals surface area contributed by atoms with E-state index in [0.717, 1.165) is 5.56 Å². The topological polar surface area (TPSA) is 61.8 Å². The maximum Gasteiger partial charge on any atom is 0.312 e. The number of methoxy groups -OCH3 is 2. The Labute approximate surface area is 151 Å². The van der Waals surface area contributed by atoms with Gasteiger partial charge in [0, 0.05) is 11.1 Å². The third-order valence-corrected chi connectivity index (χ3v) is 4.00. The van der Waals surface area contributed by atoms with Crippen LogP contribution in [-0.2, 0) is 32.1 Å². The van der Waals surface area contributed by atoms with Crippen molar-refractivity contribution in [2.75, 3.05) is 14.2 Å². The van der Waals surface area contributed by atoms with Crippen molar-refractivity contribution in [3.63, 3.8) is 0 Å². The highest BCUT2D eigenvalue weighted by molar-refractivity contribution is 5.79. The number of rotatable bonds is 7. The number of hydrogen-bond acceptors (Lipinski definition) is 5. The molecule has 0 N–H and O–H groups in total. The monoisotopic (exact) mass is 360 g/mol. The summed E-state index contributed by atoms with van der Waals surface area (Å²) >= 11 is 0. The second kappa shape index (κ2) is 8.99. The van der Waals surface area contributed by atoms with Gasteiger partial charge in [0.1, 0.15) is 18.2 Å². The molecule has 0 spiro atoms. The van der Waals surface area contributed by atoms with Crippen LogP contribution in [0.1, 0.15) is 29.5 Å². The molecule has 0 aliphatic carbocycles. The molecule has 0 saturated carbocycles. The van der Waals surface area contributed by atoms with Crippen molar-refractivity contribution in [1.82, 2.24) is 0 Å². The van der Waals surface area contributed by atoms with Crippen LogP contribution in [0.2, 0.25) is 0 Å². The normalized spacial score (nSPS) is 11.5. The lowest BCUT2D eigenvalue weighted by Crippen LogP contribution is -2.14. The minimum atomic E-state index is -0.691. The molecule has 0 amide bonds. The van der Waals surface area contributed by atoms with Gasteiger partial charge in [-0.25, -0.2) is 4.39 Å². The van der Waals surface area contributed by atoms with Gasteiger partial charge in [-0.05, 0) is 24.6 Å². The summed E-state index contributed by atoms with van der Waals surface area (Å²) in [5.41, 5.74) is 1.35. The summed E-state index contributed by atoms with van der Waals surface area (Å²) in [5, 5.41) is 0. The summed E-state index contributed by atoms with van der Waals surface area (Å²) in [6.45, 7) is 1.72. The lowest BCUT2D eigenvalue weighted by molar-refractivity contribution is -0.144. The third-order valence-electron chi connectivity index (χ3n) is 4.00. The number of hydrogen-bond donors (Lipinski definition) is 0. The summed E-state index contributed by atoms with van der Waals surface area (Å²) in [6, 6.07) is 11.8. The van der Waals surface area contributed by atoms with Crippen LogP contribution in [0.4, 0.5) is 4.39 Å². The van der Waals surface area contributed by atoms with Gasteiger partial charge in [0.25, 0.3) is 0 Å². The Morgan fingerprint density at radius 1 is 1.12 bits per heavy atom. The van der Waals surface area contributed by atoms with Crippen LogP contribution in [0.15, 0.2) is 42.5 Å². The van der Waals surface area contributed by atoms with Gasteiger partial charge < -0.3 is 14.2 Å². The molecule has 5 nitrogen and oxygen atoms in total. The SMILES string of the molecule is COC(=O)C(C)c1cc(F)c(CC(=O)OCc2ccccc2)cc1OC. The predicted octanol–water partition coefficient (Wildman–Crippen LogP) is 3.40. The van der Waals surface area contributed by atoms with Gasteiger partial charge in [0.15, 0.2) is 0 Å². The number of ether oxygens (including phenoxy) is 3. The van der Waals surface area contributed by atoms with Gasteiger partial charge in [-0.15, -0.1) is 0 Å². The molecule has 2 aromatic carbocycles. The Kier molecular flexibility index (Phi) is 6.72. The van der Waals surface area contributed by atoms with Gasteiger partial charge in [0.2, 0.25) is 0 Å². The van der Waals surface area contributed by atoms with Crippen molar-refractivity contribution in [3.8, 4) is 5.75 Å². The van der Waals surface area contributed by atoms with E-state index in [0.29, 0.717) is 11.3 Å². The molecule has 0 fully saturated rings. The van der Waals surface area contributed by atoms with Crippen molar-refractivity contribution in [2.24, 2.45) is 0 Å². The smallest absolute Gasteiger partial charge is 0.312 e. The molecule has 1 unspecified atom stereocenters. The van der Waals surface area contributed by atoms with Gasteiger partial charge in [0.05, 0.1) is 26.6 Å². The lowest BCUT2D eigenvalue weighted by atomic mass is 9.97. The van der Waals surface area contributed by atoms with Crippen LogP contribution in [0.5, 0.6) is 5.75 Å². The van der Waals surface area contributed by atoms with Crippen molar-refractivity contribution in [3.05, 3.63) is 65.0 Å². The molecule has 0 aromatic heterocycles. The Hall–Kier alpha value is -2.89. The van der Waals surface area contributed by atoms with Crippen molar-refractivity contribution < 1.29 is 28.2 Å². The largest absolute Gasteiger partial charge is 0.496 e. The summed E-state index contributed by atoms with van der Waals surface area (Å²) < 4.78 is 29.5. The van der Waals surface area contributed by atoms with Crippen molar-refractivity contribution in [2.45, 2.75) is 25.9 Å². The van der Waals surface area contributed by atoms with E-state index in [4.69, 9.17) is 9.47 Å². The Morgan fingerprint density at radius 3 is 2.42 bits per heavy atom. The minimum absolute atomic E-state index is 0.121. The Bertz CT molecular complexity index is 773. The van der Waals surface area contributed by atoms with E-state index < -0.39 is 23.7 Å². The zero-order chi connectivity index (χ0) is 19.1. The Morgan fingerprint density at radius 2 is 1.81 bits per heavy atom. The molecule has 0 aliphatic heterocycles. The molecule has 0 saturated heterocycles. The first kappa shape index (κ1) is 19.4. The zero-order valence-corrected chi connectivity index (χ0v) is 15.0. The van der Waals surface area contributed by atoms with E-state index in [1.54, 1.807) is 6.92 Å². The molecule has 1 atom stereocenters. The number of esters is 2. The highest BCUT2D eigenvalue weighted by atomic mass is 19.1. The fourth-order valence-corrected chi connectivity index (χ4v) is 2.51. The second-order valence-corrected chi connectivity index (χ2v) is 5.75. The Balaban J connectivity index is 2.11. The van der Waals surface area contributed by atoms with Crippen molar-refractivity contribution in [1.29, 1.82) is 0 Å². The van der Waals surface area contributed by atoms with Gasteiger partial charge >= 0.3 is 11.9 Å². The first-order chi connectivity index (χ1) is 12.5. The molecule has 0 bridgehead atoms. The van der Waals surface area contributed by atoms with E-state index in [1.807, 2.05) is 30.3 Å². The molecule has 2 rings (SSSR count). The first-order valence-electron chi connectivity index (χ1n) is 8.10. The lowest BCUT2D eigenvalue weighted by Gasteiger charge is -2.16. The average molecular weight is 360 g/mol. The molecule has 26 heavy (non-hydrogen) atoms. The highest BCUT2D eigenvalue weighted by Gasteiger charge is 2.23. The summed E-state index contributed by atoms with van der Waals surface area (Å²) in [6.07, 6.45) is -0.234. The first-order valence-corrected chi connectivity index (χ1v) is 8.10. The fraction of sp³-hybridized carbons (Fsp3) is 0.300. The van der Waals surface area contributed by atoms with Gasteiger partial charge in [-0.1, -0.05) is 30.3 Å². The number of carbonyl (C=O) groups is 2. The highest BCUT2D eigenvalue weighted by Crippen LogP contribution is 2.30. The maximum absolute atomic E-state index is 14.4. The van der Waals surface area contributed by atoms with Crippen LogP contribution in [0, 0.1) is 5.82 Å². The van der Waals surface area contributed by atoms with Crippen molar-refractivity contribution >= 4 is 11.9 Å². The number of benzene rings is 2.